The van der Waals surface area contributed by atoms with Crippen molar-refractivity contribution >= 4 is 21.5 Å². The van der Waals surface area contributed by atoms with Crippen molar-refractivity contribution in [3.8, 4) is 0 Å². The number of hydrogen-bond donors (Lipinski definition) is 2. The molecule has 0 amide bonds. The summed E-state index contributed by atoms with van der Waals surface area (Å²) in [5.41, 5.74) is 2.50. The molecule has 112 valence electrons. The lowest BCUT2D eigenvalue weighted by Crippen LogP contribution is -2.29. The van der Waals surface area contributed by atoms with E-state index in [4.69, 9.17) is 9.84 Å². The van der Waals surface area contributed by atoms with Crippen molar-refractivity contribution in [3.05, 3.63) is 59.7 Å². The fraction of sp³-hybridized carbons (Fsp3) is 0.263. The highest BCUT2D eigenvalue weighted by atomic mass is 16.6. The highest BCUT2D eigenvalue weighted by Crippen LogP contribution is 2.45. The fourth-order valence-corrected chi connectivity index (χ4v) is 3.81. The number of aliphatic hydroxyl groups is 2. The number of hydrogen-bond acceptors (Lipinski definition) is 3. The number of ether oxygens (including phenoxy) is 1. The van der Waals surface area contributed by atoms with E-state index < -0.39 is 6.10 Å². The smallest absolute Gasteiger partial charge is 0.143 e. The molecule has 5 rings (SSSR count). The zero-order valence-electron chi connectivity index (χ0n) is 12.2. The second-order valence-corrected chi connectivity index (χ2v) is 5.86. The first kappa shape index (κ1) is 13.7. The minimum Gasteiger partial charge on any atom is -0.390 e. The highest BCUT2D eigenvalue weighted by molar-refractivity contribution is 6.08. The average molecular weight is 294 g/mol. The van der Waals surface area contributed by atoms with Gasteiger partial charge in [-0.3, -0.25) is 0 Å². The Labute approximate surface area is 128 Å². The van der Waals surface area contributed by atoms with Gasteiger partial charge in [-0.25, -0.2) is 0 Å². The molecule has 3 heteroatoms. The summed E-state index contributed by atoms with van der Waals surface area (Å²) in [5.74, 6) is 0.0198. The van der Waals surface area contributed by atoms with Crippen LogP contribution < -0.4 is 0 Å². The molecule has 2 bridgehead atoms. The van der Waals surface area contributed by atoms with Gasteiger partial charge in [0.05, 0.1) is 12.7 Å². The van der Waals surface area contributed by atoms with E-state index in [0.29, 0.717) is 0 Å². The van der Waals surface area contributed by atoms with E-state index in [0.717, 1.165) is 6.42 Å². The topological polar surface area (TPSA) is 49.7 Å². The molecule has 3 aromatic rings. The molecule has 0 aromatic heterocycles. The molecule has 3 nitrogen and oxygen atoms in total. The molecule has 2 unspecified atom stereocenters. The van der Waals surface area contributed by atoms with Gasteiger partial charge in [-0.05, 0) is 39.1 Å². The van der Waals surface area contributed by atoms with E-state index in [2.05, 4.69) is 36.4 Å². The lowest BCUT2D eigenvalue weighted by Gasteiger charge is -2.33. The summed E-state index contributed by atoms with van der Waals surface area (Å²) < 4.78 is 5.02. The second-order valence-electron chi connectivity index (χ2n) is 5.86. The molecule has 0 aliphatic heterocycles. The normalized spacial score (nSPS) is 18.2. The van der Waals surface area contributed by atoms with Gasteiger partial charge in [0.15, 0.2) is 0 Å². The van der Waals surface area contributed by atoms with Crippen LogP contribution in [0, 0.1) is 0 Å². The van der Waals surface area contributed by atoms with Crippen LogP contribution in [-0.2, 0) is 11.2 Å². The summed E-state index contributed by atoms with van der Waals surface area (Å²) in [6, 6.07) is 16.8. The Kier molecular flexibility index (Phi) is 3.34. The van der Waals surface area contributed by atoms with Gasteiger partial charge < -0.3 is 14.9 Å². The molecular weight excluding hydrogens is 276 g/mol. The first-order valence-electron chi connectivity index (χ1n) is 7.60. The van der Waals surface area contributed by atoms with Gasteiger partial charge >= 0.3 is 0 Å². The largest absolute Gasteiger partial charge is 0.390 e. The Hall–Kier alpha value is -1.94. The zero-order valence-corrected chi connectivity index (χ0v) is 12.2. The van der Waals surface area contributed by atoms with Crippen molar-refractivity contribution in [2.45, 2.75) is 18.4 Å². The first-order chi connectivity index (χ1) is 10.8. The molecule has 2 aliphatic carbocycles. The minimum atomic E-state index is -0.612. The van der Waals surface area contributed by atoms with E-state index >= 15 is 0 Å². The Morgan fingerprint density at radius 1 is 0.955 bits per heavy atom. The van der Waals surface area contributed by atoms with Crippen LogP contribution >= 0.6 is 0 Å². The molecule has 3 aromatic carbocycles. The average Bonchev–Trinajstić information content (AvgIpc) is 2.59. The number of benzene rings is 3. The third-order valence-electron chi connectivity index (χ3n) is 4.72. The van der Waals surface area contributed by atoms with Gasteiger partial charge in [0, 0.05) is 5.92 Å². The maximum Gasteiger partial charge on any atom is 0.143 e. The summed E-state index contributed by atoms with van der Waals surface area (Å²) >= 11 is 0. The summed E-state index contributed by atoms with van der Waals surface area (Å²) in [4.78, 5) is 0. The second kappa shape index (κ2) is 5.36. The predicted molar refractivity (Wildman–Crippen MR) is 86.9 cm³/mol. The number of rotatable bonds is 4. The number of fused-ring (bicyclic) bond motifs is 1. The van der Waals surface area contributed by atoms with Crippen LogP contribution in [-0.4, -0.2) is 29.7 Å². The molecule has 0 heterocycles. The molecule has 2 N–H and O–H groups in total. The van der Waals surface area contributed by atoms with E-state index in [-0.39, 0.29) is 19.3 Å². The third-order valence-corrected chi connectivity index (χ3v) is 4.72. The monoisotopic (exact) mass is 294 g/mol. The maximum absolute atomic E-state index is 10.5. The van der Waals surface area contributed by atoms with Crippen molar-refractivity contribution in [2.75, 3.05) is 13.4 Å². The van der Waals surface area contributed by atoms with Crippen LogP contribution in [0.4, 0.5) is 0 Å². The summed E-state index contributed by atoms with van der Waals surface area (Å²) in [5, 5.41) is 24.3. The van der Waals surface area contributed by atoms with E-state index in [1.54, 1.807) is 0 Å². The Bertz CT molecular complexity index is 784. The van der Waals surface area contributed by atoms with Crippen molar-refractivity contribution in [3.63, 3.8) is 0 Å². The van der Waals surface area contributed by atoms with Crippen molar-refractivity contribution < 1.29 is 14.9 Å². The van der Waals surface area contributed by atoms with Crippen LogP contribution in [0.2, 0.25) is 0 Å². The number of aliphatic hydroxyl groups excluding tert-OH is 2. The lowest BCUT2D eigenvalue weighted by molar-refractivity contribution is -0.0477. The third kappa shape index (κ3) is 1.94. The van der Waals surface area contributed by atoms with E-state index in [9.17, 15) is 5.11 Å². The molecule has 0 radical (unpaired) electrons. The van der Waals surface area contributed by atoms with Crippen LogP contribution in [0.5, 0.6) is 0 Å². The predicted octanol–water partition coefficient (Wildman–Crippen LogP) is 2.96. The molecule has 22 heavy (non-hydrogen) atoms. The maximum atomic E-state index is 10.5. The lowest BCUT2D eigenvalue weighted by atomic mass is 9.73. The fourth-order valence-electron chi connectivity index (χ4n) is 3.81. The molecule has 0 saturated carbocycles. The molecule has 2 atom stereocenters. The van der Waals surface area contributed by atoms with Crippen LogP contribution in [0.1, 0.15) is 17.0 Å². The van der Waals surface area contributed by atoms with E-state index in [1.807, 2.05) is 12.1 Å². The molecule has 2 aliphatic rings. The Morgan fingerprint density at radius 3 is 2.05 bits per heavy atom. The molecular formula is C19H18O3. The Balaban J connectivity index is 1.96. The Morgan fingerprint density at radius 2 is 1.50 bits per heavy atom. The SMILES string of the molecule is OCOCC(O)C1Cc2c3ccccc3c1c1ccccc21. The molecule has 0 fully saturated rings. The van der Waals surface area contributed by atoms with Crippen LogP contribution in [0.15, 0.2) is 48.5 Å². The van der Waals surface area contributed by atoms with Crippen LogP contribution in [0.25, 0.3) is 21.5 Å². The highest BCUT2D eigenvalue weighted by Gasteiger charge is 2.32. The minimum absolute atomic E-state index is 0.0198. The quantitative estimate of drug-likeness (QED) is 0.574. The van der Waals surface area contributed by atoms with Gasteiger partial charge in [0.1, 0.15) is 6.79 Å². The van der Waals surface area contributed by atoms with Crippen molar-refractivity contribution in [1.29, 1.82) is 0 Å². The van der Waals surface area contributed by atoms with E-state index in [1.165, 1.54) is 32.7 Å². The van der Waals surface area contributed by atoms with Gasteiger partial charge in [0.25, 0.3) is 0 Å². The standard InChI is InChI=1S/C19H18O3/c20-11-22-10-18(21)17-9-16-12-5-1-3-7-14(12)19(17)15-8-4-2-6-13(15)16/h1-8,17-18,20-21H,9-11H2. The van der Waals surface area contributed by atoms with Gasteiger partial charge in [0.2, 0.25) is 0 Å². The molecule has 0 saturated heterocycles. The summed E-state index contributed by atoms with van der Waals surface area (Å²) in [6.07, 6.45) is 0.207. The van der Waals surface area contributed by atoms with Gasteiger partial charge in [-0.15, -0.1) is 0 Å². The molecule has 0 spiro atoms. The van der Waals surface area contributed by atoms with Crippen molar-refractivity contribution in [2.24, 2.45) is 0 Å². The summed E-state index contributed by atoms with van der Waals surface area (Å²) in [7, 11) is 0. The first-order valence-corrected chi connectivity index (χ1v) is 7.60. The van der Waals surface area contributed by atoms with Gasteiger partial charge in [-0.2, -0.15) is 0 Å². The van der Waals surface area contributed by atoms with Crippen LogP contribution in [0.3, 0.4) is 0 Å². The van der Waals surface area contributed by atoms with Gasteiger partial charge in [-0.1, -0.05) is 48.5 Å². The van der Waals surface area contributed by atoms with Crippen molar-refractivity contribution in [1.82, 2.24) is 0 Å². The summed E-state index contributed by atoms with van der Waals surface area (Å²) in [6.45, 7) is -0.203. The zero-order chi connectivity index (χ0) is 15.1.